The monoisotopic (exact) mass is 426 g/mol. The zero-order chi connectivity index (χ0) is 22.1. The van der Waals surface area contributed by atoms with Gasteiger partial charge in [-0.2, -0.15) is 4.80 Å². The van der Waals surface area contributed by atoms with Crippen molar-refractivity contribution in [1.29, 1.82) is 0 Å². The molecule has 0 atom stereocenters. The van der Waals surface area contributed by atoms with Gasteiger partial charge in [-0.05, 0) is 50.0 Å². The number of hydrogen-bond donors (Lipinski definition) is 1. The van der Waals surface area contributed by atoms with Crippen LogP contribution in [0.3, 0.4) is 0 Å². The quantitative estimate of drug-likeness (QED) is 0.330. The van der Waals surface area contributed by atoms with Crippen LogP contribution in [0.25, 0.3) is 0 Å². The Hall–Kier alpha value is -3.23. The van der Waals surface area contributed by atoms with Gasteiger partial charge >= 0.3 is 0 Å². The standard InChI is InChI=1S/C22H30N6O3/c1-3-7-19-20(10-9-18(17(2)29)22(19)30)31-15-5-4-8-21-24-26-28(25-21)13-6-12-27-14-11-23-16-27/h9-11,14,16,30H,3-8,12-13,15H2,1-2H3. The first-order valence-electron chi connectivity index (χ1n) is 10.8. The van der Waals surface area contributed by atoms with Crippen LogP contribution in [-0.2, 0) is 25.9 Å². The Morgan fingerprint density at radius 2 is 2.03 bits per heavy atom. The van der Waals surface area contributed by atoms with Gasteiger partial charge in [0, 0.05) is 30.9 Å². The number of phenols is 1. The number of carbonyl (C=O) groups is 1. The first-order valence-corrected chi connectivity index (χ1v) is 10.8. The number of tetrazole rings is 1. The molecular weight excluding hydrogens is 396 g/mol. The fourth-order valence-electron chi connectivity index (χ4n) is 3.38. The summed E-state index contributed by atoms with van der Waals surface area (Å²) in [4.78, 5) is 17.3. The Morgan fingerprint density at radius 1 is 1.16 bits per heavy atom. The first-order chi connectivity index (χ1) is 15.1. The van der Waals surface area contributed by atoms with E-state index in [2.05, 4.69) is 20.4 Å². The molecule has 0 amide bonds. The second-order valence-electron chi connectivity index (χ2n) is 7.51. The second kappa shape index (κ2) is 11.2. The molecule has 1 aromatic carbocycles. The van der Waals surface area contributed by atoms with E-state index in [-0.39, 0.29) is 11.5 Å². The van der Waals surface area contributed by atoms with Gasteiger partial charge in [-0.1, -0.05) is 13.3 Å². The SMILES string of the molecule is CCCc1c(OCCCCc2nnn(CCCn3ccnc3)n2)ccc(C(C)=O)c1O. The maximum absolute atomic E-state index is 11.7. The molecule has 0 saturated heterocycles. The summed E-state index contributed by atoms with van der Waals surface area (Å²) >= 11 is 0. The molecule has 1 N–H and O–H groups in total. The largest absolute Gasteiger partial charge is 0.507 e. The molecule has 3 rings (SSSR count). The molecule has 0 unspecified atom stereocenters. The van der Waals surface area contributed by atoms with Gasteiger partial charge in [0.15, 0.2) is 11.6 Å². The van der Waals surface area contributed by atoms with E-state index in [9.17, 15) is 9.90 Å². The first kappa shape index (κ1) is 22.5. The van der Waals surface area contributed by atoms with Gasteiger partial charge in [-0.3, -0.25) is 4.79 Å². The minimum Gasteiger partial charge on any atom is -0.507 e. The number of aromatic nitrogens is 6. The van der Waals surface area contributed by atoms with Gasteiger partial charge < -0.3 is 14.4 Å². The zero-order valence-electron chi connectivity index (χ0n) is 18.2. The Kier molecular flexibility index (Phi) is 8.14. The summed E-state index contributed by atoms with van der Waals surface area (Å²) in [6.07, 6.45) is 10.4. The normalized spacial score (nSPS) is 11.0. The van der Waals surface area contributed by atoms with E-state index in [0.29, 0.717) is 36.4 Å². The molecule has 0 bridgehead atoms. The molecule has 0 fully saturated rings. The molecular formula is C22H30N6O3. The van der Waals surface area contributed by atoms with Gasteiger partial charge in [-0.15, -0.1) is 10.2 Å². The lowest BCUT2D eigenvalue weighted by atomic mass is 10.0. The van der Waals surface area contributed by atoms with Crippen LogP contribution < -0.4 is 4.74 Å². The van der Waals surface area contributed by atoms with Crippen LogP contribution in [-0.4, -0.2) is 47.3 Å². The van der Waals surface area contributed by atoms with Crippen molar-refractivity contribution in [3.05, 3.63) is 47.8 Å². The van der Waals surface area contributed by atoms with E-state index < -0.39 is 0 Å². The number of ketones is 1. The molecule has 166 valence electrons. The Labute approximate surface area is 182 Å². The van der Waals surface area contributed by atoms with Crippen LogP contribution in [0.5, 0.6) is 11.5 Å². The topological polar surface area (TPSA) is 108 Å². The number of benzene rings is 1. The highest BCUT2D eigenvalue weighted by Crippen LogP contribution is 2.33. The maximum Gasteiger partial charge on any atom is 0.174 e. The number of imidazole rings is 1. The van der Waals surface area contributed by atoms with E-state index in [1.54, 1.807) is 29.5 Å². The molecule has 2 aromatic heterocycles. The lowest BCUT2D eigenvalue weighted by molar-refractivity contribution is 0.101. The van der Waals surface area contributed by atoms with Crippen molar-refractivity contribution in [3.8, 4) is 11.5 Å². The summed E-state index contributed by atoms with van der Waals surface area (Å²) in [7, 11) is 0. The lowest BCUT2D eigenvalue weighted by Gasteiger charge is -2.14. The van der Waals surface area contributed by atoms with E-state index in [4.69, 9.17) is 4.74 Å². The van der Waals surface area contributed by atoms with E-state index in [1.807, 2.05) is 17.7 Å². The maximum atomic E-state index is 11.7. The number of phenolic OH excluding ortho intramolecular Hbond substituents is 1. The second-order valence-corrected chi connectivity index (χ2v) is 7.51. The van der Waals surface area contributed by atoms with Crippen molar-refractivity contribution in [2.45, 2.75) is 65.5 Å². The molecule has 3 aromatic rings. The fraction of sp³-hybridized carbons (Fsp3) is 0.500. The summed E-state index contributed by atoms with van der Waals surface area (Å²) in [5.74, 6) is 1.27. The van der Waals surface area contributed by atoms with E-state index >= 15 is 0 Å². The number of rotatable bonds is 13. The predicted octanol–water partition coefficient (Wildman–Crippen LogP) is 3.22. The highest BCUT2D eigenvalue weighted by Gasteiger charge is 2.15. The summed E-state index contributed by atoms with van der Waals surface area (Å²) in [5, 5.41) is 23.1. The average molecular weight is 427 g/mol. The molecule has 0 aliphatic heterocycles. The van der Waals surface area contributed by atoms with Gasteiger partial charge in [0.05, 0.1) is 25.0 Å². The highest BCUT2D eigenvalue weighted by molar-refractivity contribution is 5.97. The van der Waals surface area contributed by atoms with Gasteiger partial charge in [-0.25, -0.2) is 4.98 Å². The molecule has 0 saturated carbocycles. The third-order valence-electron chi connectivity index (χ3n) is 5.00. The highest BCUT2D eigenvalue weighted by atomic mass is 16.5. The Balaban J connectivity index is 1.41. The number of Topliss-reactive ketones (excluding diaryl/α,β-unsaturated/α-hetero) is 1. The molecule has 9 heteroatoms. The number of carbonyl (C=O) groups excluding carboxylic acids is 1. The van der Waals surface area contributed by atoms with Gasteiger partial charge in [0.25, 0.3) is 0 Å². The minimum atomic E-state index is -0.149. The molecule has 0 aliphatic rings. The zero-order valence-corrected chi connectivity index (χ0v) is 18.2. The molecule has 2 heterocycles. The van der Waals surface area contributed by atoms with E-state index in [1.165, 1.54) is 6.92 Å². The third-order valence-corrected chi connectivity index (χ3v) is 5.00. The number of ether oxygens (including phenoxy) is 1. The minimum absolute atomic E-state index is 0.0423. The fourth-order valence-corrected chi connectivity index (χ4v) is 3.38. The smallest absolute Gasteiger partial charge is 0.174 e. The molecule has 9 nitrogen and oxygen atoms in total. The number of hydrogen-bond acceptors (Lipinski definition) is 7. The van der Waals surface area contributed by atoms with Crippen molar-refractivity contribution in [2.24, 2.45) is 0 Å². The summed E-state index contributed by atoms with van der Waals surface area (Å²) < 4.78 is 7.92. The summed E-state index contributed by atoms with van der Waals surface area (Å²) in [5.41, 5.74) is 1.05. The number of unbranched alkanes of at least 4 members (excludes halogenated alkanes) is 1. The molecule has 0 radical (unpaired) electrons. The van der Waals surface area contributed by atoms with Gasteiger partial charge in [0.2, 0.25) is 0 Å². The van der Waals surface area contributed by atoms with Crippen molar-refractivity contribution in [2.75, 3.05) is 6.61 Å². The Bertz CT molecular complexity index is 968. The molecule has 0 spiro atoms. The number of nitrogens with zero attached hydrogens (tertiary/aromatic N) is 6. The molecule has 31 heavy (non-hydrogen) atoms. The van der Waals surface area contributed by atoms with Crippen LogP contribution in [0.15, 0.2) is 30.9 Å². The van der Waals surface area contributed by atoms with Crippen molar-refractivity contribution in [1.82, 2.24) is 29.8 Å². The lowest BCUT2D eigenvalue weighted by Crippen LogP contribution is -2.06. The van der Waals surface area contributed by atoms with Crippen LogP contribution in [0.1, 0.15) is 61.3 Å². The Morgan fingerprint density at radius 3 is 2.77 bits per heavy atom. The predicted molar refractivity (Wildman–Crippen MR) is 115 cm³/mol. The van der Waals surface area contributed by atoms with Gasteiger partial charge in [0.1, 0.15) is 11.5 Å². The number of aryl methyl sites for hydroxylation is 3. The summed E-state index contributed by atoms with van der Waals surface area (Å²) in [6.45, 7) is 5.59. The third kappa shape index (κ3) is 6.37. The van der Waals surface area contributed by atoms with Crippen LogP contribution >= 0.6 is 0 Å². The van der Waals surface area contributed by atoms with Crippen LogP contribution in [0.4, 0.5) is 0 Å². The molecule has 0 aliphatic carbocycles. The number of aromatic hydroxyl groups is 1. The van der Waals surface area contributed by atoms with Crippen molar-refractivity contribution in [3.63, 3.8) is 0 Å². The van der Waals surface area contributed by atoms with Crippen molar-refractivity contribution < 1.29 is 14.6 Å². The van der Waals surface area contributed by atoms with Crippen LogP contribution in [0, 0.1) is 0 Å². The average Bonchev–Trinajstić information content (AvgIpc) is 3.42. The summed E-state index contributed by atoms with van der Waals surface area (Å²) in [6, 6.07) is 3.40. The van der Waals surface area contributed by atoms with E-state index in [0.717, 1.165) is 44.5 Å². The van der Waals surface area contributed by atoms with Crippen LogP contribution in [0.2, 0.25) is 0 Å². The van der Waals surface area contributed by atoms with Crippen molar-refractivity contribution >= 4 is 5.78 Å².